The normalized spacial score (nSPS) is 10.5. The molecule has 1 heterocycles. The number of carbonyl (C=O) groups is 2. The monoisotopic (exact) mass is 377 g/mol. The largest absolute Gasteiger partial charge is 0.472 e. The number of rotatable bonds is 8. The summed E-state index contributed by atoms with van der Waals surface area (Å²) in [4.78, 5) is 27.1. The van der Waals surface area contributed by atoms with Crippen molar-refractivity contribution < 1.29 is 18.7 Å². The smallest absolute Gasteiger partial charge is 0.338 e. The van der Waals surface area contributed by atoms with Crippen molar-refractivity contribution >= 4 is 11.9 Å². The fraction of sp³-hybridized carbons (Fsp3) is 0.217. The predicted molar refractivity (Wildman–Crippen MR) is 106 cm³/mol. The van der Waals surface area contributed by atoms with Crippen LogP contribution in [-0.4, -0.2) is 30.4 Å². The number of aryl methyl sites for hydroxylation is 1. The van der Waals surface area contributed by atoms with Gasteiger partial charge in [0.2, 0.25) is 0 Å². The van der Waals surface area contributed by atoms with E-state index in [1.54, 1.807) is 41.7 Å². The molecule has 3 rings (SSSR count). The first-order chi connectivity index (χ1) is 13.7. The summed E-state index contributed by atoms with van der Waals surface area (Å²) in [5.74, 6) is -0.716. The SMILES string of the molecule is COC(=O)c1ccccc1C(=O)N(CCCc1ccccc1)Cc1ccoc1. The number of methoxy groups -OCH3 is 1. The molecule has 0 atom stereocenters. The van der Waals surface area contributed by atoms with Gasteiger partial charge in [-0.15, -0.1) is 0 Å². The van der Waals surface area contributed by atoms with E-state index in [0.717, 1.165) is 18.4 Å². The first kappa shape index (κ1) is 19.4. The van der Waals surface area contributed by atoms with Crippen LogP contribution in [0.25, 0.3) is 0 Å². The van der Waals surface area contributed by atoms with E-state index >= 15 is 0 Å². The fourth-order valence-electron chi connectivity index (χ4n) is 3.10. The van der Waals surface area contributed by atoms with Crippen LogP contribution in [-0.2, 0) is 17.7 Å². The number of amides is 1. The molecule has 28 heavy (non-hydrogen) atoms. The van der Waals surface area contributed by atoms with Crippen molar-refractivity contribution in [2.75, 3.05) is 13.7 Å². The molecular formula is C23H23NO4. The first-order valence-corrected chi connectivity index (χ1v) is 9.20. The summed E-state index contributed by atoms with van der Waals surface area (Å²) >= 11 is 0. The van der Waals surface area contributed by atoms with Crippen molar-refractivity contribution in [1.29, 1.82) is 0 Å². The minimum absolute atomic E-state index is 0.199. The van der Waals surface area contributed by atoms with E-state index in [0.29, 0.717) is 18.7 Å². The van der Waals surface area contributed by atoms with Crippen molar-refractivity contribution in [3.8, 4) is 0 Å². The quantitative estimate of drug-likeness (QED) is 0.548. The Balaban J connectivity index is 1.78. The Kier molecular flexibility index (Phi) is 6.63. The molecule has 1 amide bonds. The van der Waals surface area contributed by atoms with Gasteiger partial charge >= 0.3 is 5.97 Å². The highest BCUT2D eigenvalue weighted by Crippen LogP contribution is 2.17. The molecule has 0 saturated heterocycles. The Morgan fingerprint density at radius 1 is 0.929 bits per heavy atom. The molecule has 1 aromatic heterocycles. The van der Waals surface area contributed by atoms with Crippen molar-refractivity contribution in [2.45, 2.75) is 19.4 Å². The van der Waals surface area contributed by atoms with E-state index in [4.69, 9.17) is 9.15 Å². The number of nitrogens with zero attached hydrogens (tertiary/aromatic N) is 1. The Hall–Kier alpha value is -3.34. The lowest BCUT2D eigenvalue weighted by Gasteiger charge is -2.23. The highest BCUT2D eigenvalue weighted by Gasteiger charge is 2.22. The predicted octanol–water partition coefficient (Wildman–Crippen LogP) is 4.34. The third kappa shape index (κ3) is 4.88. The van der Waals surface area contributed by atoms with Crippen LogP contribution in [0.1, 0.15) is 38.3 Å². The zero-order valence-corrected chi connectivity index (χ0v) is 15.8. The Morgan fingerprint density at radius 3 is 2.32 bits per heavy atom. The van der Waals surface area contributed by atoms with E-state index in [-0.39, 0.29) is 11.5 Å². The minimum Gasteiger partial charge on any atom is -0.472 e. The molecule has 2 aromatic carbocycles. The van der Waals surface area contributed by atoms with Crippen LogP contribution in [0.15, 0.2) is 77.6 Å². The van der Waals surface area contributed by atoms with Crippen LogP contribution in [0, 0.1) is 0 Å². The third-order valence-electron chi connectivity index (χ3n) is 4.54. The molecule has 0 radical (unpaired) electrons. The number of carbonyl (C=O) groups excluding carboxylic acids is 2. The fourth-order valence-corrected chi connectivity index (χ4v) is 3.10. The van der Waals surface area contributed by atoms with Crippen LogP contribution in [0.2, 0.25) is 0 Å². The number of hydrogen-bond donors (Lipinski definition) is 0. The summed E-state index contributed by atoms with van der Waals surface area (Å²) in [5, 5.41) is 0. The lowest BCUT2D eigenvalue weighted by molar-refractivity contribution is 0.0589. The molecule has 0 fully saturated rings. The van der Waals surface area contributed by atoms with Gasteiger partial charge in [0.25, 0.3) is 5.91 Å². The van der Waals surface area contributed by atoms with Gasteiger partial charge in [0, 0.05) is 18.7 Å². The van der Waals surface area contributed by atoms with Gasteiger partial charge in [-0.1, -0.05) is 42.5 Å². The molecule has 0 spiro atoms. The molecule has 3 aromatic rings. The number of furan rings is 1. The molecule has 144 valence electrons. The Labute approximate surface area is 164 Å². The van der Waals surface area contributed by atoms with E-state index < -0.39 is 5.97 Å². The second-order valence-corrected chi connectivity index (χ2v) is 6.48. The van der Waals surface area contributed by atoms with Gasteiger partial charge in [0.1, 0.15) is 0 Å². The second kappa shape index (κ2) is 9.55. The van der Waals surface area contributed by atoms with E-state index in [1.165, 1.54) is 12.7 Å². The molecule has 5 nitrogen and oxygen atoms in total. The molecule has 0 aliphatic heterocycles. The lowest BCUT2D eigenvalue weighted by atomic mass is 10.1. The number of hydrogen-bond acceptors (Lipinski definition) is 4. The summed E-state index contributed by atoms with van der Waals surface area (Å²) in [6, 6.07) is 18.7. The zero-order chi connectivity index (χ0) is 19.8. The molecule has 0 unspecified atom stereocenters. The standard InChI is InChI=1S/C23H23NO4/c1-27-23(26)21-12-6-5-11-20(21)22(25)24(16-19-13-15-28-17-19)14-7-10-18-8-3-2-4-9-18/h2-6,8-9,11-13,15,17H,7,10,14,16H2,1H3. The van der Waals surface area contributed by atoms with Gasteiger partial charge in [0.05, 0.1) is 30.8 Å². The molecule has 0 aliphatic rings. The average Bonchev–Trinajstić information content (AvgIpc) is 3.26. The van der Waals surface area contributed by atoms with Gasteiger partial charge in [-0.05, 0) is 36.6 Å². The summed E-state index contributed by atoms with van der Waals surface area (Å²) in [6.45, 7) is 0.980. The van der Waals surface area contributed by atoms with Gasteiger partial charge in [-0.25, -0.2) is 4.79 Å². The van der Waals surface area contributed by atoms with E-state index in [2.05, 4.69) is 12.1 Å². The van der Waals surface area contributed by atoms with Gasteiger partial charge in [-0.3, -0.25) is 4.79 Å². The molecule has 0 saturated carbocycles. The van der Waals surface area contributed by atoms with Crippen LogP contribution >= 0.6 is 0 Å². The Bertz CT molecular complexity index is 903. The molecule has 5 heteroatoms. The first-order valence-electron chi connectivity index (χ1n) is 9.20. The Morgan fingerprint density at radius 2 is 1.64 bits per heavy atom. The van der Waals surface area contributed by atoms with Crippen molar-refractivity contribution in [3.05, 3.63) is 95.4 Å². The highest BCUT2D eigenvalue weighted by atomic mass is 16.5. The van der Waals surface area contributed by atoms with E-state index in [1.807, 2.05) is 24.3 Å². The maximum Gasteiger partial charge on any atom is 0.338 e. The van der Waals surface area contributed by atoms with Crippen molar-refractivity contribution in [1.82, 2.24) is 4.90 Å². The average molecular weight is 377 g/mol. The zero-order valence-electron chi connectivity index (χ0n) is 15.8. The summed E-state index contributed by atoms with van der Waals surface area (Å²) in [6.07, 6.45) is 4.90. The lowest BCUT2D eigenvalue weighted by Crippen LogP contribution is -2.33. The van der Waals surface area contributed by atoms with Crippen LogP contribution in [0.5, 0.6) is 0 Å². The van der Waals surface area contributed by atoms with Crippen LogP contribution < -0.4 is 0 Å². The third-order valence-corrected chi connectivity index (χ3v) is 4.54. The van der Waals surface area contributed by atoms with Gasteiger partial charge in [-0.2, -0.15) is 0 Å². The maximum atomic E-state index is 13.2. The highest BCUT2D eigenvalue weighted by molar-refractivity contribution is 6.05. The maximum absolute atomic E-state index is 13.2. The second-order valence-electron chi connectivity index (χ2n) is 6.48. The van der Waals surface area contributed by atoms with Gasteiger partial charge < -0.3 is 14.1 Å². The van der Waals surface area contributed by atoms with Crippen molar-refractivity contribution in [2.24, 2.45) is 0 Å². The van der Waals surface area contributed by atoms with Crippen molar-refractivity contribution in [3.63, 3.8) is 0 Å². The molecular weight excluding hydrogens is 354 g/mol. The number of ether oxygens (including phenoxy) is 1. The number of benzene rings is 2. The minimum atomic E-state index is -0.517. The summed E-state index contributed by atoms with van der Waals surface area (Å²) < 4.78 is 9.97. The molecule has 0 aliphatic carbocycles. The topological polar surface area (TPSA) is 59.8 Å². The van der Waals surface area contributed by atoms with Crippen LogP contribution in [0.3, 0.4) is 0 Å². The van der Waals surface area contributed by atoms with Crippen LogP contribution in [0.4, 0.5) is 0 Å². The van der Waals surface area contributed by atoms with E-state index in [9.17, 15) is 9.59 Å². The van der Waals surface area contributed by atoms with Gasteiger partial charge in [0.15, 0.2) is 0 Å². The summed E-state index contributed by atoms with van der Waals surface area (Å²) in [5.41, 5.74) is 2.75. The molecule has 0 N–H and O–H groups in total. The summed E-state index contributed by atoms with van der Waals surface area (Å²) in [7, 11) is 1.31. The molecule has 0 bridgehead atoms. The number of esters is 1.